The van der Waals surface area contributed by atoms with Gasteiger partial charge in [0.15, 0.2) is 0 Å². The first-order chi connectivity index (χ1) is 10.6. The van der Waals surface area contributed by atoms with E-state index in [1.165, 1.54) is 24.8 Å². The first kappa shape index (κ1) is 17.7. The van der Waals surface area contributed by atoms with Crippen molar-refractivity contribution in [3.05, 3.63) is 28.2 Å². The Kier molecular flexibility index (Phi) is 7.09. The molecule has 5 heteroatoms. The molecule has 0 bridgehead atoms. The predicted octanol–water partition coefficient (Wildman–Crippen LogP) is 4.39. The minimum Gasteiger partial charge on any atom is -0.496 e. The van der Waals surface area contributed by atoms with Crippen LogP contribution in [0.4, 0.5) is 0 Å². The zero-order valence-electron chi connectivity index (χ0n) is 13.2. The summed E-state index contributed by atoms with van der Waals surface area (Å²) in [6.07, 6.45) is 4.90. The van der Waals surface area contributed by atoms with E-state index in [-0.39, 0.29) is 5.91 Å². The topological polar surface area (TPSA) is 38.3 Å². The fourth-order valence-electron chi connectivity index (χ4n) is 2.84. The molecule has 1 aromatic rings. The van der Waals surface area contributed by atoms with Crippen LogP contribution in [0.2, 0.25) is 0 Å². The highest BCUT2D eigenvalue weighted by atomic mass is 79.9. The van der Waals surface area contributed by atoms with Crippen molar-refractivity contribution in [1.29, 1.82) is 0 Å². The largest absolute Gasteiger partial charge is 0.496 e. The summed E-state index contributed by atoms with van der Waals surface area (Å²) in [5, 5.41) is 3.20. The third-order valence-corrected chi connectivity index (χ3v) is 5.80. The van der Waals surface area contributed by atoms with Gasteiger partial charge in [0.25, 0.3) is 0 Å². The number of amides is 1. The lowest BCUT2D eigenvalue weighted by molar-refractivity contribution is -0.119. The minimum absolute atomic E-state index is 0.163. The first-order valence-corrected chi connectivity index (χ1v) is 9.74. The summed E-state index contributed by atoms with van der Waals surface area (Å²) < 4.78 is 6.17. The van der Waals surface area contributed by atoms with E-state index in [2.05, 4.69) is 28.2 Å². The standard InChI is InChI=1S/C17H24BrNO2S/c1-12-5-3-4-6-15(12)19-17(20)11-22-10-13-7-8-16(21-2)14(18)9-13/h7-9,12,15H,3-6,10-11H2,1-2H3,(H,19,20). The molecule has 0 heterocycles. The highest BCUT2D eigenvalue weighted by molar-refractivity contribution is 9.10. The van der Waals surface area contributed by atoms with Crippen LogP contribution < -0.4 is 10.1 Å². The maximum absolute atomic E-state index is 12.1. The molecule has 2 rings (SSSR count). The number of thioether (sulfide) groups is 1. The van der Waals surface area contributed by atoms with E-state index >= 15 is 0 Å². The van der Waals surface area contributed by atoms with Crippen molar-refractivity contribution in [1.82, 2.24) is 5.32 Å². The Labute approximate surface area is 145 Å². The summed E-state index contributed by atoms with van der Waals surface area (Å²) >= 11 is 5.14. The number of nitrogens with one attached hydrogen (secondary N) is 1. The van der Waals surface area contributed by atoms with E-state index in [0.29, 0.717) is 17.7 Å². The molecular formula is C17H24BrNO2S. The van der Waals surface area contributed by atoms with E-state index in [1.54, 1.807) is 18.9 Å². The molecule has 1 saturated carbocycles. The molecule has 0 aliphatic heterocycles. The van der Waals surface area contributed by atoms with Gasteiger partial charge >= 0.3 is 0 Å². The van der Waals surface area contributed by atoms with Crippen LogP contribution in [0.3, 0.4) is 0 Å². The highest BCUT2D eigenvalue weighted by Gasteiger charge is 2.22. The summed E-state index contributed by atoms with van der Waals surface area (Å²) in [5.41, 5.74) is 1.19. The molecule has 0 saturated heterocycles. The maximum atomic E-state index is 12.1. The molecule has 1 aliphatic carbocycles. The van der Waals surface area contributed by atoms with Gasteiger partial charge in [-0.3, -0.25) is 4.79 Å². The van der Waals surface area contributed by atoms with E-state index in [1.807, 2.05) is 18.2 Å². The molecule has 3 nitrogen and oxygen atoms in total. The first-order valence-electron chi connectivity index (χ1n) is 7.79. The van der Waals surface area contributed by atoms with Crippen molar-refractivity contribution in [2.45, 2.75) is 44.4 Å². The third-order valence-electron chi connectivity index (χ3n) is 4.18. The van der Waals surface area contributed by atoms with Crippen molar-refractivity contribution < 1.29 is 9.53 Å². The van der Waals surface area contributed by atoms with Crippen molar-refractivity contribution >= 4 is 33.6 Å². The van der Waals surface area contributed by atoms with Gasteiger partial charge in [-0.1, -0.05) is 25.8 Å². The van der Waals surface area contributed by atoms with Gasteiger partial charge in [0.2, 0.25) is 5.91 Å². The number of carbonyl (C=O) groups is 1. The van der Waals surface area contributed by atoms with Gasteiger partial charge in [0.1, 0.15) is 5.75 Å². The molecule has 1 N–H and O–H groups in total. The lowest BCUT2D eigenvalue weighted by atomic mass is 9.86. The normalized spacial score (nSPS) is 21.4. The number of halogens is 1. The third kappa shape index (κ3) is 5.20. The van der Waals surface area contributed by atoms with Crippen molar-refractivity contribution in [2.75, 3.05) is 12.9 Å². The summed E-state index contributed by atoms with van der Waals surface area (Å²) in [4.78, 5) is 12.1. The van der Waals surface area contributed by atoms with Gasteiger partial charge in [-0.25, -0.2) is 0 Å². The van der Waals surface area contributed by atoms with Crippen LogP contribution in [0, 0.1) is 5.92 Å². The van der Waals surface area contributed by atoms with Crippen LogP contribution in [0.15, 0.2) is 22.7 Å². The molecule has 22 heavy (non-hydrogen) atoms. The molecule has 0 radical (unpaired) electrons. The molecule has 1 aliphatic rings. The van der Waals surface area contributed by atoms with Crippen molar-refractivity contribution in [2.24, 2.45) is 5.92 Å². The number of carbonyl (C=O) groups excluding carboxylic acids is 1. The van der Waals surface area contributed by atoms with Crippen LogP contribution in [0.25, 0.3) is 0 Å². The average Bonchev–Trinajstić information content (AvgIpc) is 2.50. The van der Waals surface area contributed by atoms with Crippen molar-refractivity contribution in [3.63, 3.8) is 0 Å². The molecule has 2 unspecified atom stereocenters. The molecule has 1 fully saturated rings. The lowest BCUT2D eigenvalue weighted by Crippen LogP contribution is -2.41. The van der Waals surface area contributed by atoms with Gasteiger partial charge in [-0.15, -0.1) is 11.8 Å². The Balaban J connectivity index is 1.73. The van der Waals surface area contributed by atoms with Gasteiger partial charge in [-0.05, 0) is 52.4 Å². The molecule has 0 aromatic heterocycles. The van der Waals surface area contributed by atoms with Crippen LogP contribution in [-0.4, -0.2) is 24.8 Å². The Morgan fingerprint density at radius 2 is 2.18 bits per heavy atom. The van der Waals surface area contributed by atoms with E-state index < -0.39 is 0 Å². The van der Waals surface area contributed by atoms with Crippen molar-refractivity contribution in [3.8, 4) is 5.75 Å². The van der Waals surface area contributed by atoms with E-state index in [4.69, 9.17) is 4.74 Å². The monoisotopic (exact) mass is 385 g/mol. The Bertz CT molecular complexity index is 509. The SMILES string of the molecule is COc1ccc(CSCC(=O)NC2CCCCC2C)cc1Br. The van der Waals surface area contributed by atoms with E-state index in [9.17, 15) is 4.79 Å². The second-order valence-corrected chi connectivity index (χ2v) is 7.74. The number of rotatable bonds is 6. The number of hydrogen-bond donors (Lipinski definition) is 1. The molecule has 0 spiro atoms. The van der Waals surface area contributed by atoms with Crippen LogP contribution >= 0.6 is 27.7 Å². The van der Waals surface area contributed by atoms with Crippen LogP contribution in [0.5, 0.6) is 5.75 Å². The Morgan fingerprint density at radius 1 is 1.41 bits per heavy atom. The number of hydrogen-bond acceptors (Lipinski definition) is 3. The molecule has 1 aromatic carbocycles. The summed E-state index contributed by atoms with van der Waals surface area (Å²) in [6.45, 7) is 2.24. The number of methoxy groups -OCH3 is 1. The van der Waals surface area contributed by atoms with Gasteiger partial charge < -0.3 is 10.1 Å². The maximum Gasteiger partial charge on any atom is 0.230 e. The molecule has 1 amide bonds. The number of ether oxygens (including phenoxy) is 1. The average molecular weight is 386 g/mol. The Morgan fingerprint density at radius 3 is 2.86 bits per heavy atom. The fraction of sp³-hybridized carbons (Fsp3) is 0.588. The minimum atomic E-state index is 0.163. The van der Waals surface area contributed by atoms with Gasteiger partial charge in [0.05, 0.1) is 17.3 Å². The predicted molar refractivity (Wildman–Crippen MR) is 96.4 cm³/mol. The molecular weight excluding hydrogens is 362 g/mol. The van der Waals surface area contributed by atoms with Crippen LogP contribution in [0.1, 0.15) is 38.2 Å². The smallest absolute Gasteiger partial charge is 0.230 e. The van der Waals surface area contributed by atoms with Gasteiger partial charge in [-0.2, -0.15) is 0 Å². The highest BCUT2D eigenvalue weighted by Crippen LogP contribution is 2.27. The summed E-state index contributed by atoms with van der Waals surface area (Å²) in [6, 6.07) is 6.41. The van der Waals surface area contributed by atoms with E-state index in [0.717, 1.165) is 22.4 Å². The summed E-state index contributed by atoms with van der Waals surface area (Å²) in [7, 11) is 1.66. The zero-order chi connectivity index (χ0) is 15.9. The summed E-state index contributed by atoms with van der Waals surface area (Å²) in [5.74, 6) is 2.96. The Hall–Kier alpha value is -0.680. The zero-order valence-corrected chi connectivity index (χ0v) is 15.6. The second kappa shape index (κ2) is 8.82. The fourth-order valence-corrected chi connectivity index (χ4v) is 4.21. The van der Waals surface area contributed by atoms with Gasteiger partial charge in [0, 0.05) is 11.8 Å². The molecule has 2 atom stereocenters. The van der Waals surface area contributed by atoms with Crippen LogP contribution in [-0.2, 0) is 10.5 Å². The molecule has 122 valence electrons. The second-order valence-electron chi connectivity index (χ2n) is 5.90. The lowest BCUT2D eigenvalue weighted by Gasteiger charge is -2.29. The number of benzene rings is 1. The quantitative estimate of drug-likeness (QED) is 0.788.